The molecule has 1 N–H and O–H groups in total. The second-order valence-electron chi connectivity index (χ2n) is 6.61. The SMILES string of the molecule is COC(=O)c1ccc2c(c1)NCC1(CCCc3nc(Cl)ccc31)CO2. The van der Waals surface area contributed by atoms with Crippen molar-refractivity contribution in [3.63, 3.8) is 0 Å². The highest BCUT2D eigenvalue weighted by Crippen LogP contribution is 2.41. The van der Waals surface area contributed by atoms with Crippen LogP contribution in [0.15, 0.2) is 30.3 Å². The summed E-state index contributed by atoms with van der Waals surface area (Å²) in [4.78, 5) is 16.3. The molecule has 2 aromatic rings. The number of nitrogens with zero attached hydrogens (tertiary/aromatic N) is 1. The number of anilines is 1. The van der Waals surface area contributed by atoms with E-state index in [-0.39, 0.29) is 11.4 Å². The second-order valence-corrected chi connectivity index (χ2v) is 6.99. The number of carbonyl (C=O) groups is 1. The number of aryl methyl sites for hydroxylation is 1. The molecule has 2 aliphatic rings. The fourth-order valence-corrected chi connectivity index (χ4v) is 3.95. The smallest absolute Gasteiger partial charge is 0.337 e. The van der Waals surface area contributed by atoms with Gasteiger partial charge in [0.25, 0.3) is 0 Å². The first-order valence-corrected chi connectivity index (χ1v) is 8.74. The van der Waals surface area contributed by atoms with Gasteiger partial charge in [-0.05, 0) is 49.1 Å². The number of carbonyl (C=O) groups excluding carboxylic acids is 1. The van der Waals surface area contributed by atoms with Crippen molar-refractivity contribution in [2.24, 2.45) is 0 Å². The maximum Gasteiger partial charge on any atom is 0.337 e. The van der Waals surface area contributed by atoms with Crippen molar-refractivity contribution in [3.05, 3.63) is 52.3 Å². The Hall–Kier alpha value is -2.27. The van der Waals surface area contributed by atoms with Crippen molar-refractivity contribution in [2.45, 2.75) is 24.7 Å². The van der Waals surface area contributed by atoms with Gasteiger partial charge in [-0.1, -0.05) is 17.7 Å². The van der Waals surface area contributed by atoms with Crippen LogP contribution in [0.4, 0.5) is 5.69 Å². The van der Waals surface area contributed by atoms with Gasteiger partial charge in [-0.2, -0.15) is 0 Å². The monoisotopic (exact) mass is 358 g/mol. The van der Waals surface area contributed by atoms with Crippen molar-refractivity contribution in [1.82, 2.24) is 4.98 Å². The van der Waals surface area contributed by atoms with Crippen LogP contribution in [-0.2, 0) is 16.6 Å². The Morgan fingerprint density at radius 2 is 2.24 bits per heavy atom. The Kier molecular flexibility index (Phi) is 4.04. The summed E-state index contributed by atoms with van der Waals surface area (Å²) >= 11 is 6.07. The van der Waals surface area contributed by atoms with E-state index in [4.69, 9.17) is 21.1 Å². The van der Waals surface area contributed by atoms with Gasteiger partial charge >= 0.3 is 5.97 Å². The molecule has 1 aromatic heterocycles. The first-order valence-electron chi connectivity index (χ1n) is 8.36. The minimum Gasteiger partial charge on any atom is -0.490 e. The quantitative estimate of drug-likeness (QED) is 0.623. The van der Waals surface area contributed by atoms with Crippen LogP contribution in [0.3, 0.4) is 0 Å². The highest BCUT2D eigenvalue weighted by atomic mass is 35.5. The van der Waals surface area contributed by atoms with Gasteiger partial charge in [0.2, 0.25) is 0 Å². The van der Waals surface area contributed by atoms with Gasteiger partial charge in [0, 0.05) is 17.7 Å². The maximum atomic E-state index is 11.8. The Labute approximate surface area is 151 Å². The molecule has 1 unspecified atom stereocenters. The Morgan fingerprint density at radius 1 is 1.36 bits per heavy atom. The molecule has 1 aliphatic carbocycles. The van der Waals surface area contributed by atoms with Crippen molar-refractivity contribution in [2.75, 3.05) is 25.6 Å². The molecule has 0 radical (unpaired) electrons. The summed E-state index contributed by atoms with van der Waals surface area (Å²) in [6, 6.07) is 9.24. The Balaban J connectivity index is 1.68. The predicted octanol–water partition coefficient (Wildman–Crippen LogP) is 3.60. The topological polar surface area (TPSA) is 60.5 Å². The van der Waals surface area contributed by atoms with Crippen LogP contribution < -0.4 is 10.1 Å². The zero-order chi connectivity index (χ0) is 17.4. The van der Waals surface area contributed by atoms with Crippen molar-refractivity contribution >= 4 is 23.3 Å². The molecular weight excluding hydrogens is 340 g/mol. The third-order valence-electron chi connectivity index (χ3n) is 5.10. The molecule has 1 aliphatic heterocycles. The molecule has 6 heteroatoms. The third-order valence-corrected chi connectivity index (χ3v) is 5.31. The van der Waals surface area contributed by atoms with Crippen LogP contribution >= 0.6 is 11.6 Å². The van der Waals surface area contributed by atoms with E-state index >= 15 is 0 Å². The number of aromatic nitrogens is 1. The number of hydrogen-bond acceptors (Lipinski definition) is 5. The van der Waals surface area contributed by atoms with Crippen LogP contribution in [-0.4, -0.2) is 31.2 Å². The van der Waals surface area contributed by atoms with Gasteiger partial charge in [-0.25, -0.2) is 9.78 Å². The lowest BCUT2D eigenvalue weighted by Crippen LogP contribution is -2.42. The summed E-state index contributed by atoms with van der Waals surface area (Å²) in [5.41, 5.74) is 3.44. The van der Waals surface area contributed by atoms with Gasteiger partial charge in [-0.3, -0.25) is 0 Å². The van der Waals surface area contributed by atoms with Crippen molar-refractivity contribution in [1.29, 1.82) is 0 Å². The minimum atomic E-state index is -0.356. The molecule has 25 heavy (non-hydrogen) atoms. The maximum absolute atomic E-state index is 11.8. The van der Waals surface area contributed by atoms with Gasteiger partial charge in [0.1, 0.15) is 10.9 Å². The number of pyridine rings is 1. The molecule has 130 valence electrons. The molecule has 0 saturated heterocycles. The van der Waals surface area contributed by atoms with Crippen molar-refractivity contribution < 1.29 is 14.3 Å². The molecule has 0 bridgehead atoms. The van der Waals surface area contributed by atoms with E-state index in [9.17, 15) is 4.79 Å². The summed E-state index contributed by atoms with van der Waals surface area (Å²) in [5.74, 6) is 0.393. The minimum absolute atomic E-state index is 0.143. The molecule has 1 aromatic carbocycles. The van der Waals surface area contributed by atoms with E-state index in [1.165, 1.54) is 12.7 Å². The molecular formula is C19H19ClN2O3. The number of nitrogens with one attached hydrogen (secondary N) is 1. The second kappa shape index (κ2) is 6.23. The highest BCUT2D eigenvalue weighted by Gasteiger charge is 2.40. The molecule has 4 rings (SSSR count). The number of benzene rings is 1. The molecule has 1 atom stereocenters. The number of esters is 1. The molecule has 5 nitrogen and oxygen atoms in total. The van der Waals surface area contributed by atoms with Crippen LogP contribution in [0.1, 0.15) is 34.5 Å². The zero-order valence-corrected chi connectivity index (χ0v) is 14.7. The van der Waals surface area contributed by atoms with E-state index in [0.717, 1.165) is 42.9 Å². The molecule has 0 saturated carbocycles. The van der Waals surface area contributed by atoms with E-state index in [1.807, 2.05) is 12.1 Å². The van der Waals surface area contributed by atoms with Gasteiger partial charge in [-0.15, -0.1) is 0 Å². The van der Waals surface area contributed by atoms with Crippen molar-refractivity contribution in [3.8, 4) is 5.75 Å². The highest BCUT2D eigenvalue weighted by molar-refractivity contribution is 6.29. The Morgan fingerprint density at radius 3 is 3.08 bits per heavy atom. The van der Waals surface area contributed by atoms with Gasteiger partial charge in [0.15, 0.2) is 0 Å². The summed E-state index contributed by atoms with van der Waals surface area (Å²) in [5, 5.41) is 4.00. The third kappa shape index (κ3) is 2.82. The summed E-state index contributed by atoms with van der Waals surface area (Å²) in [7, 11) is 1.38. The van der Waals surface area contributed by atoms with E-state index in [1.54, 1.807) is 12.1 Å². The van der Waals surface area contributed by atoms with Gasteiger partial charge in [0.05, 0.1) is 25.0 Å². The van der Waals surface area contributed by atoms with E-state index < -0.39 is 0 Å². The summed E-state index contributed by atoms with van der Waals surface area (Å²) in [6.07, 6.45) is 3.01. The standard InChI is InChI=1S/C19H19ClN2O3/c1-24-18(23)12-4-6-16-15(9-12)21-10-19(11-25-16)8-2-3-14-13(19)5-7-17(20)22-14/h4-7,9,21H,2-3,8,10-11H2,1H3. The van der Waals surface area contributed by atoms with E-state index in [2.05, 4.69) is 16.4 Å². The largest absolute Gasteiger partial charge is 0.490 e. The zero-order valence-electron chi connectivity index (χ0n) is 14.0. The fraction of sp³-hybridized carbons (Fsp3) is 0.368. The molecule has 0 amide bonds. The first kappa shape index (κ1) is 16.2. The molecule has 1 spiro atoms. The number of methoxy groups -OCH3 is 1. The molecule has 0 fully saturated rings. The van der Waals surface area contributed by atoms with Crippen LogP contribution in [0, 0.1) is 0 Å². The normalized spacial score (nSPS) is 21.4. The average molecular weight is 359 g/mol. The summed E-state index contributed by atoms with van der Waals surface area (Å²) in [6.45, 7) is 1.29. The lowest BCUT2D eigenvalue weighted by Gasteiger charge is -2.37. The number of hydrogen-bond donors (Lipinski definition) is 1. The Bertz CT molecular complexity index is 839. The first-order chi connectivity index (χ1) is 12.1. The predicted molar refractivity (Wildman–Crippen MR) is 95.6 cm³/mol. The number of halogens is 1. The molecule has 2 heterocycles. The number of rotatable bonds is 1. The number of ether oxygens (including phenoxy) is 2. The van der Waals surface area contributed by atoms with E-state index in [0.29, 0.717) is 17.3 Å². The van der Waals surface area contributed by atoms with Crippen LogP contribution in [0.2, 0.25) is 5.15 Å². The van der Waals surface area contributed by atoms with Crippen LogP contribution in [0.5, 0.6) is 5.75 Å². The number of fused-ring (bicyclic) bond motifs is 3. The van der Waals surface area contributed by atoms with Gasteiger partial charge < -0.3 is 14.8 Å². The summed E-state index contributed by atoms with van der Waals surface area (Å²) < 4.78 is 10.9. The fourth-order valence-electron chi connectivity index (χ4n) is 3.78. The lowest BCUT2D eigenvalue weighted by molar-refractivity contribution is 0.0600. The lowest BCUT2D eigenvalue weighted by atomic mass is 9.72. The average Bonchev–Trinajstić information content (AvgIpc) is 2.81. The van der Waals surface area contributed by atoms with Crippen LogP contribution in [0.25, 0.3) is 0 Å².